The van der Waals surface area contributed by atoms with Gasteiger partial charge in [0.2, 0.25) is 0 Å². The van der Waals surface area contributed by atoms with Crippen molar-refractivity contribution in [3.05, 3.63) is 164 Å². The lowest BCUT2D eigenvalue weighted by Crippen LogP contribution is -2.01. The zero-order valence-corrected chi connectivity index (χ0v) is 22.9. The summed E-state index contributed by atoms with van der Waals surface area (Å²) in [6.45, 7) is 0. The molecule has 0 unspecified atom stereocenters. The number of nitrogens with zero attached hydrogens (tertiary/aromatic N) is 3. The second kappa shape index (κ2) is 11.4. The Morgan fingerprint density at radius 2 is 0.548 bits per heavy atom. The third-order valence-corrected chi connectivity index (χ3v) is 7.39. The van der Waals surface area contributed by atoms with E-state index in [-0.39, 0.29) is 0 Å². The molecule has 0 aliphatic rings. The van der Waals surface area contributed by atoms with Crippen LogP contribution in [0.5, 0.6) is 0 Å². The SMILES string of the molecule is c1ccc(-c2ccc(-c3nc(-c4ccccc4)nc(-c4ccccc4-c4ccccc4-c4ccccc4)n3)cc2)cc1. The second-order valence-corrected chi connectivity index (χ2v) is 10.1. The van der Waals surface area contributed by atoms with Gasteiger partial charge in [-0.1, -0.05) is 164 Å². The van der Waals surface area contributed by atoms with Crippen molar-refractivity contribution < 1.29 is 0 Å². The number of hydrogen-bond acceptors (Lipinski definition) is 3. The first-order valence-corrected chi connectivity index (χ1v) is 14.0. The summed E-state index contributed by atoms with van der Waals surface area (Å²) in [7, 11) is 0. The van der Waals surface area contributed by atoms with E-state index in [4.69, 9.17) is 15.0 Å². The van der Waals surface area contributed by atoms with Crippen molar-refractivity contribution in [3.63, 3.8) is 0 Å². The molecule has 1 heterocycles. The lowest BCUT2D eigenvalue weighted by molar-refractivity contribution is 1.07. The van der Waals surface area contributed by atoms with E-state index in [9.17, 15) is 0 Å². The van der Waals surface area contributed by atoms with Crippen LogP contribution in [0.25, 0.3) is 67.5 Å². The summed E-state index contributed by atoms with van der Waals surface area (Å²) in [4.78, 5) is 15.0. The van der Waals surface area contributed by atoms with Crippen molar-refractivity contribution in [2.75, 3.05) is 0 Å². The molecule has 0 saturated carbocycles. The maximum Gasteiger partial charge on any atom is 0.164 e. The van der Waals surface area contributed by atoms with Gasteiger partial charge in [0.15, 0.2) is 17.5 Å². The molecule has 0 aliphatic heterocycles. The van der Waals surface area contributed by atoms with Crippen LogP contribution in [0, 0.1) is 0 Å². The highest BCUT2D eigenvalue weighted by molar-refractivity contribution is 5.90. The van der Waals surface area contributed by atoms with Crippen LogP contribution in [0.2, 0.25) is 0 Å². The molecule has 0 atom stereocenters. The van der Waals surface area contributed by atoms with E-state index in [1.807, 2.05) is 48.5 Å². The van der Waals surface area contributed by atoms with E-state index >= 15 is 0 Å². The monoisotopic (exact) mass is 537 g/mol. The fourth-order valence-electron chi connectivity index (χ4n) is 5.28. The van der Waals surface area contributed by atoms with Gasteiger partial charge in [-0.3, -0.25) is 0 Å². The Balaban J connectivity index is 1.39. The lowest BCUT2D eigenvalue weighted by atomic mass is 9.91. The number of aromatic nitrogens is 3. The van der Waals surface area contributed by atoms with Gasteiger partial charge in [-0.15, -0.1) is 0 Å². The topological polar surface area (TPSA) is 38.7 Å². The molecule has 7 aromatic rings. The van der Waals surface area contributed by atoms with Crippen molar-refractivity contribution >= 4 is 0 Å². The summed E-state index contributed by atoms with van der Waals surface area (Å²) >= 11 is 0. The van der Waals surface area contributed by atoms with Crippen molar-refractivity contribution in [2.45, 2.75) is 0 Å². The molecule has 0 amide bonds. The molecule has 0 aliphatic carbocycles. The molecular formula is C39H27N3. The number of rotatable bonds is 6. The summed E-state index contributed by atoms with van der Waals surface area (Å²) in [6.07, 6.45) is 0. The first-order valence-electron chi connectivity index (χ1n) is 14.0. The zero-order chi connectivity index (χ0) is 28.1. The third-order valence-electron chi connectivity index (χ3n) is 7.39. The fourth-order valence-corrected chi connectivity index (χ4v) is 5.28. The summed E-state index contributed by atoms with van der Waals surface area (Å²) < 4.78 is 0. The Kier molecular flexibility index (Phi) is 6.89. The molecule has 6 aromatic carbocycles. The second-order valence-electron chi connectivity index (χ2n) is 10.1. The van der Waals surface area contributed by atoms with Crippen LogP contribution in [-0.4, -0.2) is 15.0 Å². The molecule has 0 spiro atoms. The zero-order valence-electron chi connectivity index (χ0n) is 22.9. The first kappa shape index (κ1) is 25.3. The van der Waals surface area contributed by atoms with Crippen molar-refractivity contribution in [2.24, 2.45) is 0 Å². The van der Waals surface area contributed by atoms with Gasteiger partial charge in [0.1, 0.15) is 0 Å². The Morgan fingerprint density at radius 1 is 0.214 bits per heavy atom. The Morgan fingerprint density at radius 3 is 1.12 bits per heavy atom. The van der Waals surface area contributed by atoms with Crippen LogP contribution < -0.4 is 0 Å². The van der Waals surface area contributed by atoms with Crippen LogP contribution in [0.4, 0.5) is 0 Å². The van der Waals surface area contributed by atoms with Gasteiger partial charge in [-0.25, -0.2) is 15.0 Å². The van der Waals surface area contributed by atoms with Crippen molar-refractivity contribution in [1.29, 1.82) is 0 Å². The third kappa shape index (κ3) is 5.12. The maximum atomic E-state index is 5.07. The van der Waals surface area contributed by atoms with Gasteiger partial charge in [-0.05, 0) is 33.4 Å². The molecule has 198 valence electrons. The summed E-state index contributed by atoms with van der Waals surface area (Å²) in [5.74, 6) is 1.93. The van der Waals surface area contributed by atoms with E-state index in [1.165, 1.54) is 16.7 Å². The summed E-state index contributed by atoms with van der Waals surface area (Å²) in [6, 6.07) is 56.3. The van der Waals surface area contributed by atoms with Gasteiger partial charge in [0.25, 0.3) is 0 Å². The first-order chi connectivity index (χ1) is 20.8. The molecule has 3 nitrogen and oxygen atoms in total. The Labute approximate surface area is 245 Å². The highest BCUT2D eigenvalue weighted by Crippen LogP contribution is 2.38. The predicted octanol–water partition coefficient (Wildman–Crippen LogP) is 9.87. The minimum absolute atomic E-state index is 0.643. The van der Waals surface area contributed by atoms with E-state index in [2.05, 4.69) is 115 Å². The highest BCUT2D eigenvalue weighted by Gasteiger charge is 2.17. The van der Waals surface area contributed by atoms with E-state index in [1.54, 1.807) is 0 Å². The number of hydrogen-bond donors (Lipinski definition) is 0. The van der Waals surface area contributed by atoms with Gasteiger partial charge in [0.05, 0.1) is 0 Å². The van der Waals surface area contributed by atoms with Crippen LogP contribution in [0.3, 0.4) is 0 Å². The molecular weight excluding hydrogens is 510 g/mol. The van der Waals surface area contributed by atoms with E-state index in [0.29, 0.717) is 17.5 Å². The maximum absolute atomic E-state index is 5.07. The molecule has 0 radical (unpaired) electrons. The Bertz CT molecular complexity index is 1950. The molecule has 0 saturated heterocycles. The normalized spacial score (nSPS) is 10.9. The molecule has 3 heteroatoms. The lowest BCUT2D eigenvalue weighted by Gasteiger charge is -2.15. The molecule has 42 heavy (non-hydrogen) atoms. The standard InChI is InChI=1S/C39H27N3/c1-4-14-28(15-5-1)29-24-26-32(27-25-29)38-40-37(31-18-8-3-9-19-31)41-39(42-38)36-23-13-12-22-35(36)34-21-11-10-20-33(34)30-16-6-2-7-17-30/h1-27H. The van der Waals surface area contributed by atoms with Gasteiger partial charge in [-0.2, -0.15) is 0 Å². The van der Waals surface area contributed by atoms with Gasteiger partial charge < -0.3 is 0 Å². The quantitative estimate of drug-likeness (QED) is 0.212. The summed E-state index contributed by atoms with van der Waals surface area (Å²) in [5, 5.41) is 0. The Hall–Kier alpha value is -5.67. The molecule has 7 rings (SSSR count). The summed E-state index contributed by atoms with van der Waals surface area (Å²) in [5.41, 5.74) is 9.73. The average Bonchev–Trinajstić information content (AvgIpc) is 3.09. The highest BCUT2D eigenvalue weighted by atomic mass is 15.0. The fraction of sp³-hybridized carbons (Fsp3) is 0. The van der Waals surface area contributed by atoms with Gasteiger partial charge >= 0.3 is 0 Å². The molecule has 0 N–H and O–H groups in total. The molecule has 0 bridgehead atoms. The van der Waals surface area contributed by atoms with E-state index < -0.39 is 0 Å². The van der Waals surface area contributed by atoms with Crippen LogP contribution in [0.1, 0.15) is 0 Å². The minimum Gasteiger partial charge on any atom is -0.208 e. The van der Waals surface area contributed by atoms with Crippen LogP contribution >= 0.6 is 0 Å². The number of benzene rings is 6. The predicted molar refractivity (Wildman–Crippen MR) is 172 cm³/mol. The minimum atomic E-state index is 0.643. The van der Waals surface area contributed by atoms with Crippen molar-refractivity contribution in [1.82, 2.24) is 15.0 Å². The average molecular weight is 538 g/mol. The van der Waals surface area contributed by atoms with Gasteiger partial charge in [0, 0.05) is 16.7 Å². The van der Waals surface area contributed by atoms with Crippen LogP contribution in [-0.2, 0) is 0 Å². The smallest absolute Gasteiger partial charge is 0.164 e. The molecule has 0 fully saturated rings. The van der Waals surface area contributed by atoms with Crippen molar-refractivity contribution in [3.8, 4) is 67.5 Å². The molecule has 1 aromatic heterocycles. The van der Waals surface area contributed by atoms with Crippen LogP contribution in [0.15, 0.2) is 164 Å². The largest absolute Gasteiger partial charge is 0.208 e. The van der Waals surface area contributed by atoms with E-state index in [0.717, 1.165) is 33.4 Å².